The molecular weight excluding hydrogens is 408 g/mol. The summed E-state index contributed by atoms with van der Waals surface area (Å²) in [4.78, 5) is 31.3. The third kappa shape index (κ3) is 4.96. The van der Waals surface area contributed by atoms with Crippen LogP contribution < -0.4 is 10.1 Å². The number of benzene rings is 2. The summed E-state index contributed by atoms with van der Waals surface area (Å²) >= 11 is 0. The monoisotopic (exact) mass is 434 g/mol. The highest BCUT2D eigenvalue weighted by molar-refractivity contribution is 5.95. The van der Waals surface area contributed by atoms with Crippen molar-refractivity contribution in [1.82, 2.24) is 20.4 Å². The third-order valence-electron chi connectivity index (χ3n) is 5.38. The zero-order chi connectivity index (χ0) is 22.3. The number of hydrogen-bond acceptors (Lipinski definition) is 6. The average molecular weight is 434 g/mol. The summed E-state index contributed by atoms with van der Waals surface area (Å²) in [6, 6.07) is 16.1. The number of carbonyl (C=O) groups excluding carboxylic acids is 2. The van der Waals surface area contributed by atoms with Crippen LogP contribution in [0.4, 0.5) is 0 Å². The zero-order valence-electron chi connectivity index (χ0n) is 18.0. The minimum atomic E-state index is -0.288. The second kappa shape index (κ2) is 10.1. The Morgan fingerprint density at radius 2 is 2.00 bits per heavy atom. The van der Waals surface area contributed by atoms with Crippen LogP contribution in [-0.4, -0.2) is 46.6 Å². The smallest absolute Gasteiger partial charge is 0.261 e. The largest absolute Gasteiger partial charge is 0.484 e. The number of amides is 2. The molecule has 1 aromatic heterocycles. The highest BCUT2D eigenvalue weighted by Crippen LogP contribution is 2.31. The Hall–Kier alpha value is -3.68. The quantitative estimate of drug-likeness (QED) is 0.610. The lowest BCUT2D eigenvalue weighted by Crippen LogP contribution is -2.41. The molecule has 2 heterocycles. The fourth-order valence-electron chi connectivity index (χ4n) is 3.78. The van der Waals surface area contributed by atoms with Crippen LogP contribution in [0.15, 0.2) is 59.1 Å². The molecule has 2 aromatic carbocycles. The summed E-state index contributed by atoms with van der Waals surface area (Å²) < 4.78 is 11.2. The summed E-state index contributed by atoms with van der Waals surface area (Å²) in [5.74, 6) is 1.18. The lowest BCUT2D eigenvalue weighted by Gasteiger charge is -2.33. The molecule has 4 rings (SSSR count). The van der Waals surface area contributed by atoms with Gasteiger partial charge >= 0.3 is 0 Å². The Kier molecular flexibility index (Phi) is 6.79. The molecule has 1 atom stereocenters. The Balaban J connectivity index is 1.48. The molecule has 1 aliphatic heterocycles. The predicted octanol–water partition coefficient (Wildman–Crippen LogP) is 3.62. The minimum absolute atomic E-state index is 0.0455. The molecule has 1 fully saturated rings. The van der Waals surface area contributed by atoms with E-state index in [4.69, 9.17) is 9.26 Å². The highest BCUT2D eigenvalue weighted by Gasteiger charge is 2.32. The molecule has 1 saturated heterocycles. The first-order chi connectivity index (χ1) is 15.7. The van der Waals surface area contributed by atoms with Crippen LogP contribution in [0.25, 0.3) is 11.4 Å². The van der Waals surface area contributed by atoms with Crippen molar-refractivity contribution < 1.29 is 18.8 Å². The third-order valence-corrected chi connectivity index (χ3v) is 5.38. The number of para-hydroxylation sites is 1. The van der Waals surface area contributed by atoms with Gasteiger partial charge in [-0.3, -0.25) is 9.59 Å². The standard InChI is InChI=1S/C24H26N4O4/c1-2-25-23(30)18-10-8-9-17(15-18)22-26-24(32-27-22)20-13-6-7-14-28(20)21(29)16-31-19-11-4-3-5-12-19/h3-5,8-12,15,20H,2,6-7,13-14,16H2,1H3,(H,25,30)/t20-/m1/s1. The van der Waals surface area contributed by atoms with Gasteiger partial charge in [-0.2, -0.15) is 4.98 Å². The van der Waals surface area contributed by atoms with Crippen molar-refractivity contribution in [2.24, 2.45) is 0 Å². The first-order valence-electron chi connectivity index (χ1n) is 10.8. The molecule has 2 amide bonds. The van der Waals surface area contributed by atoms with Gasteiger partial charge in [0.15, 0.2) is 6.61 Å². The number of hydrogen-bond donors (Lipinski definition) is 1. The van der Waals surface area contributed by atoms with Gasteiger partial charge in [0.05, 0.1) is 0 Å². The summed E-state index contributed by atoms with van der Waals surface area (Å²) in [6.45, 7) is 2.99. The molecule has 1 aliphatic rings. The second-order valence-corrected chi connectivity index (χ2v) is 7.60. The lowest BCUT2D eigenvalue weighted by molar-refractivity contribution is -0.138. The zero-order valence-corrected chi connectivity index (χ0v) is 18.0. The van der Waals surface area contributed by atoms with Gasteiger partial charge < -0.3 is 19.5 Å². The van der Waals surface area contributed by atoms with Crippen LogP contribution >= 0.6 is 0 Å². The average Bonchev–Trinajstić information content (AvgIpc) is 3.34. The molecule has 0 saturated carbocycles. The molecule has 1 N–H and O–H groups in total. The Labute approximate surface area is 186 Å². The van der Waals surface area contributed by atoms with E-state index in [1.54, 1.807) is 23.1 Å². The Morgan fingerprint density at radius 3 is 2.81 bits per heavy atom. The number of aromatic nitrogens is 2. The van der Waals surface area contributed by atoms with Gasteiger partial charge in [-0.1, -0.05) is 35.5 Å². The molecule has 0 bridgehead atoms. The summed E-state index contributed by atoms with van der Waals surface area (Å²) in [5, 5.41) is 6.89. The van der Waals surface area contributed by atoms with E-state index in [9.17, 15) is 9.59 Å². The molecule has 32 heavy (non-hydrogen) atoms. The van der Waals surface area contributed by atoms with Crippen molar-refractivity contribution in [3.63, 3.8) is 0 Å². The molecule has 166 valence electrons. The number of carbonyl (C=O) groups is 2. The van der Waals surface area contributed by atoms with E-state index in [0.717, 1.165) is 19.3 Å². The molecule has 3 aromatic rings. The summed E-state index contributed by atoms with van der Waals surface area (Å²) in [7, 11) is 0. The van der Waals surface area contributed by atoms with Crippen molar-refractivity contribution in [2.75, 3.05) is 19.7 Å². The number of nitrogens with one attached hydrogen (secondary N) is 1. The molecule has 0 spiro atoms. The van der Waals surface area contributed by atoms with Crippen molar-refractivity contribution >= 4 is 11.8 Å². The topological polar surface area (TPSA) is 97.6 Å². The predicted molar refractivity (Wildman–Crippen MR) is 118 cm³/mol. The van der Waals surface area contributed by atoms with E-state index in [2.05, 4.69) is 15.5 Å². The molecule has 8 nitrogen and oxygen atoms in total. The van der Waals surface area contributed by atoms with E-state index < -0.39 is 0 Å². The maximum Gasteiger partial charge on any atom is 0.261 e. The number of piperidine rings is 1. The van der Waals surface area contributed by atoms with Crippen LogP contribution in [0, 0.1) is 0 Å². The van der Waals surface area contributed by atoms with Gasteiger partial charge in [-0.15, -0.1) is 0 Å². The first-order valence-corrected chi connectivity index (χ1v) is 10.8. The molecule has 0 unspecified atom stereocenters. The lowest BCUT2D eigenvalue weighted by atomic mass is 10.0. The van der Waals surface area contributed by atoms with Crippen molar-refractivity contribution in [2.45, 2.75) is 32.2 Å². The van der Waals surface area contributed by atoms with Gasteiger partial charge in [0.1, 0.15) is 11.8 Å². The van der Waals surface area contributed by atoms with E-state index in [0.29, 0.717) is 41.7 Å². The normalized spacial score (nSPS) is 15.9. The number of likely N-dealkylation sites (tertiary alicyclic amines) is 1. The first kappa shape index (κ1) is 21.5. The van der Waals surface area contributed by atoms with Gasteiger partial charge in [0.25, 0.3) is 11.8 Å². The van der Waals surface area contributed by atoms with Crippen molar-refractivity contribution in [3.8, 4) is 17.1 Å². The van der Waals surface area contributed by atoms with Gasteiger partial charge in [0.2, 0.25) is 11.7 Å². The fourth-order valence-corrected chi connectivity index (χ4v) is 3.78. The number of ether oxygens (including phenoxy) is 1. The second-order valence-electron chi connectivity index (χ2n) is 7.60. The Bertz CT molecular complexity index is 1070. The fraction of sp³-hybridized carbons (Fsp3) is 0.333. The molecule has 0 aliphatic carbocycles. The van der Waals surface area contributed by atoms with E-state index in [-0.39, 0.29) is 24.5 Å². The number of rotatable bonds is 7. The SMILES string of the molecule is CCNC(=O)c1cccc(-c2noc([C@H]3CCCCN3C(=O)COc3ccccc3)n2)c1. The van der Waals surface area contributed by atoms with E-state index in [1.807, 2.05) is 43.3 Å². The molecule has 8 heteroatoms. The summed E-state index contributed by atoms with van der Waals surface area (Å²) in [6.07, 6.45) is 2.64. The van der Waals surface area contributed by atoms with E-state index in [1.165, 1.54) is 0 Å². The van der Waals surface area contributed by atoms with Gasteiger partial charge in [-0.05, 0) is 50.5 Å². The van der Waals surface area contributed by atoms with Crippen molar-refractivity contribution in [3.05, 3.63) is 66.1 Å². The van der Waals surface area contributed by atoms with Gasteiger partial charge in [0, 0.05) is 24.2 Å². The molecular formula is C24H26N4O4. The van der Waals surface area contributed by atoms with Crippen LogP contribution in [0.5, 0.6) is 5.75 Å². The Morgan fingerprint density at radius 1 is 1.16 bits per heavy atom. The summed E-state index contributed by atoms with van der Waals surface area (Å²) in [5.41, 5.74) is 1.22. The van der Waals surface area contributed by atoms with Crippen LogP contribution in [-0.2, 0) is 4.79 Å². The molecule has 0 radical (unpaired) electrons. The van der Waals surface area contributed by atoms with Gasteiger partial charge in [-0.25, -0.2) is 0 Å². The highest BCUT2D eigenvalue weighted by atomic mass is 16.5. The maximum absolute atomic E-state index is 12.9. The minimum Gasteiger partial charge on any atom is -0.484 e. The van der Waals surface area contributed by atoms with Crippen LogP contribution in [0.1, 0.15) is 48.5 Å². The van der Waals surface area contributed by atoms with Crippen LogP contribution in [0.2, 0.25) is 0 Å². The van der Waals surface area contributed by atoms with Crippen molar-refractivity contribution in [1.29, 1.82) is 0 Å². The van der Waals surface area contributed by atoms with Crippen LogP contribution in [0.3, 0.4) is 0 Å². The number of nitrogens with zero attached hydrogens (tertiary/aromatic N) is 3. The maximum atomic E-state index is 12.9. The van der Waals surface area contributed by atoms with E-state index >= 15 is 0 Å².